The Morgan fingerprint density at radius 3 is 2.45 bits per heavy atom. The van der Waals surface area contributed by atoms with Crippen molar-refractivity contribution in [2.24, 2.45) is 0 Å². The average Bonchev–Trinajstić information content (AvgIpc) is 2.78. The first kappa shape index (κ1) is 22.8. The highest BCUT2D eigenvalue weighted by atomic mass is 16.5. The lowest BCUT2D eigenvalue weighted by molar-refractivity contribution is -0.895. The Labute approximate surface area is 185 Å². The number of quaternary nitrogens is 1. The van der Waals surface area contributed by atoms with Crippen molar-refractivity contribution in [3.05, 3.63) is 59.7 Å². The minimum absolute atomic E-state index is 0.000987. The van der Waals surface area contributed by atoms with Gasteiger partial charge in [-0.05, 0) is 35.6 Å². The van der Waals surface area contributed by atoms with Gasteiger partial charge in [-0.3, -0.25) is 9.59 Å². The molecule has 1 fully saturated rings. The molecule has 1 saturated heterocycles. The number of para-hydroxylation sites is 2. The maximum Gasteiger partial charge on any atom is 0.279 e. The highest BCUT2D eigenvalue weighted by Gasteiger charge is 2.25. The quantitative estimate of drug-likeness (QED) is 0.682. The summed E-state index contributed by atoms with van der Waals surface area (Å²) in [5, 5.41) is 3.04. The molecule has 0 spiro atoms. The number of benzene rings is 2. The van der Waals surface area contributed by atoms with Crippen LogP contribution in [0.25, 0.3) is 0 Å². The predicted molar refractivity (Wildman–Crippen MR) is 123 cm³/mol. The van der Waals surface area contributed by atoms with Gasteiger partial charge < -0.3 is 19.9 Å². The molecule has 0 radical (unpaired) electrons. The lowest BCUT2D eigenvalue weighted by Gasteiger charge is -2.32. The summed E-state index contributed by atoms with van der Waals surface area (Å²) in [5.74, 6) is 1.14. The predicted octanol–water partition coefficient (Wildman–Crippen LogP) is 2.12. The first-order valence-corrected chi connectivity index (χ1v) is 11.2. The number of piperazine rings is 1. The van der Waals surface area contributed by atoms with Gasteiger partial charge in [0.05, 0.1) is 26.2 Å². The molecule has 6 nitrogen and oxygen atoms in total. The molecular formula is C25H34N3O3+. The molecule has 0 aromatic heterocycles. The third-order valence-electron chi connectivity index (χ3n) is 5.80. The first-order valence-electron chi connectivity index (χ1n) is 11.2. The van der Waals surface area contributed by atoms with Crippen LogP contribution >= 0.6 is 0 Å². The molecule has 6 heteroatoms. The minimum Gasteiger partial charge on any atom is -0.483 e. The number of carbonyl (C=O) groups is 2. The van der Waals surface area contributed by atoms with Gasteiger partial charge in [-0.25, -0.2) is 0 Å². The zero-order valence-electron chi connectivity index (χ0n) is 18.8. The number of hydrogen-bond acceptors (Lipinski definition) is 3. The normalized spacial score (nSPS) is 14.5. The topological polar surface area (TPSA) is 63.1 Å². The van der Waals surface area contributed by atoms with E-state index in [1.807, 2.05) is 53.4 Å². The number of nitrogens with zero attached hydrogens (tertiary/aromatic N) is 1. The Morgan fingerprint density at radius 1 is 1.06 bits per heavy atom. The third-order valence-corrected chi connectivity index (χ3v) is 5.80. The molecule has 0 saturated carbocycles. The summed E-state index contributed by atoms with van der Waals surface area (Å²) < 4.78 is 5.83. The molecule has 0 unspecified atom stereocenters. The van der Waals surface area contributed by atoms with E-state index in [1.165, 1.54) is 4.90 Å². The van der Waals surface area contributed by atoms with E-state index in [2.05, 4.69) is 26.1 Å². The Bertz CT molecular complexity index is 889. The van der Waals surface area contributed by atoms with Crippen LogP contribution in [0.15, 0.2) is 48.5 Å². The van der Waals surface area contributed by atoms with E-state index >= 15 is 0 Å². The number of nitrogens with one attached hydrogen (secondary N) is 2. The number of aryl methyl sites for hydroxylation is 1. The minimum atomic E-state index is -0.000987. The zero-order chi connectivity index (χ0) is 22.2. The lowest BCUT2D eigenvalue weighted by atomic mass is 10.0. The first-order chi connectivity index (χ1) is 15.0. The maximum atomic E-state index is 12.6. The van der Waals surface area contributed by atoms with Crippen molar-refractivity contribution in [2.75, 3.05) is 44.6 Å². The summed E-state index contributed by atoms with van der Waals surface area (Å²) in [6.45, 7) is 9.58. The number of rotatable bonds is 8. The van der Waals surface area contributed by atoms with Crippen molar-refractivity contribution in [1.29, 1.82) is 0 Å². The van der Waals surface area contributed by atoms with E-state index in [9.17, 15) is 9.59 Å². The number of hydrogen-bond donors (Lipinski definition) is 2. The van der Waals surface area contributed by atoms with Crippen molar-refractivity contribution < 1.29 is 19.2 Å². The molecule has 2 aromatic carbocycles. The summed E-state index contributed by atoms with van der Waals surface area (Å²) in [7, 11) is 0. The number of amides is 2. The second-order valence-electron chi connectivity index (χ2n) is 8.35. The van der Waals surface area contributed by atoms with Crippen LogP contribution < -0.4 is 15.0 Å². The van der Waals surface area contributed by atoms with Gasteiger partial charge in [0.2, 0.25) is 0 Å². The second-order valence-corrected chi connectivity index (χ2v) is 8.35. The van der Waals surface area contributed by atoms with Crippen LogP contribution in [0.2, 0.25) is 0 Å². The van der Waals surface area contributed by atoms with Gasteiger partial charge >= 0.3 is 0 Å². The highest BCUT2D eigenvalue weighted by molar-refractivity contribution is 5.92. The lowest BCUT2D eigenvalue weighted by Crippen LogP contribution is -3.15. The van der Waals surface area contributed by atoms with Gasteiger partial charge in [-0.2, -0.15) is 0 Å². The molecule has 0 atom stereocenters. The summed E-state index contributed by atoms with van der Waals surface area (Å²) in [4.78, 5) is 28.1. The zero-order valence-corrected chi connectivity index (χ0v) is 18.8. The van der Waals surface area contributed by atoms with E-state index < -0.39 is 0 Å². The van der Waals surface area contributed by atoms with E-state index in [0.717, 1.165) is 42.1 Å². The van der Waals surface area contributed by atoms with E-state index in [-0.39, 0.29) is 18.4 Å². The molecule has 3 rings (SSSR count). The van der Waals surface area contributed by atoms with Gasteiger partial charge in [-0.1, -0.05) is 57.2 Å². The van der Waals surface area contributed by atoms with Crippen LogP contribution in [0.4, 0.5) is 5.69 Å². The van der Waals surface area contributed by atoms with Crippen molar-refractivity contribution >= 4 is 17.5 Å². The largest absolute Gasteiger partial charge is 0.483 e. The van der Waals surface area contributed by atoms with Crippen LogP contribution in [0.5, 0.6) is 5.75 Å². The molecular weight excluding hydrogens is 390 g/mol. The van der Waals surface area contributed by atoms with Crippen LogP contribution in [0, 0.1) is 0 Å². The average molecular weight is 425 g/mol. The van der Waals surface area contributed by atoms with Crippen molar-refractivity contribution in [1.82, 2.24) is 4.90 Å². The van der Waals surface area contributed by atoms with E-state index in [4.69, 9.17) is 4.74 Å². The third kappa shape index (κ3) is 6.31. The fraction of sp³-hybridized carbons (Fsp3) is 0.440. The molecule has 0 bridgehead atoms. The smallest absolute Gasteiger partial charge is 0.279 e. The summed E-state index contributed by atoms with van der Waals surface area (Å²) in [5.41, 5.74) is 3.14. The van der Waals surface area contributed by atoms with E-state index in [0.29, 0.717) is 25.6 Å². The Hall–Kier alpha value is -2.86. The van der Waals surface area contributed by atoms with Gasteiger partial charge in [0.15, 0.2) is 13.2 Å². The molecule has 2 N–H and O–H groups in total. The molecule has 2 amide bonds. The fourth-order valence-corrected chi connectivity index (χ4v) is 3.94. The summed E-state index contributed by atoms with van der Waals surface area (Å²) in [6, 6.07) is 15.8. The maximum absolute atomic E-state index is 12.6. The molecule has 1 aliphatic heterocycles. The highest BCUT2D eigenvalue weighted by Crippen LogP contribution is 2.25. The SMILES string of the molecule is CCc1ccccc1NC(=O)C[NH+]1CCN(C(=O)COc2ccccc2C(C)C)CC1. The molecule has 166 valence electrons. The van der Waals surface area contributed by atoms with Crippen molar-refractivity contribution in [2.45, 2.75) is 33.1 Å². The fourth-order valence-electron chi connectivity index (χ4n) is 3.94. The summed E-state index contributed by atoms with van der Waals surface area (Å²) >= 11 is 0. The van der Waals surface area contributed by atoms with Crippen LogP contribution in [-0.2, 0) is 16.0 Å². The van der Waals surface area contributed by atoms with Crippen molar-refractivity contribution in [3.8, 4) is 5.75 Å². The molecule has 2 aromatic rings. The summed E-state index contributed by atoms with van der Waals surface area (Å²) in [6.07, 6.45) is 0.883. The van der Waals surface area contributed by atoms with Crippen molar-refractivity contribution in [3.63, 3.8) is 0 Å². The van der Waals surface area contributed by atoms with Gasteiger partial charge in [0.25, 0.3) is 11.8 Å². The van der Waals surface area contributed by atoms with Crippen LogP contribution in [0.1, 0.15) is 37.8 Å². The molecule has 31 heavy (non-hydrogen) atoms. The molecule has 1 heterocycles. The molecule has 1 aliphatic rings. The molecule has 0 aliphatic carbocycles. The number of carbonyl (C=O) groups excluding carboxylic acids is 2. The van der Waals surface area contributed by atoms with Crippen LogP contribution in [-0.4, -0.2) is 56.0 Å². The van der Waals surface area contributed by atoms with Gasteiger partial charge in [0, 0.05) is 5.69 Å². The monoisotopic (exact) mass is 424 g/mol. The van der Waals surface area contributed by atoms with E-state index in [1.54, 1.807) is 0 Å². The standard InChI is InChI=1S/C25H33N3O3/c1-4-20-9-5-7-11-22(20)26-24(29)17-27-13-15-28(16-14-27)25(30)18-31-23-12-8-6-10-21(23)19(2)3/h5-12,19H,4,13-18H2,1-3H3,(H,26,29)/p+1. The van der Waals surface area contributed by atoms with Gasteiger partial charge in [-0.15, -0.1) is 0 Å². The van der Waals surface area contributed by atoms with Gasteiger partial charge in [0.1, 0.15) is 5.75 Å². The number of anilines is 1. The Morgan fingerprint density at radius 2 is 1.74 bits per heavy atom. The Balaban J connectivity index is 1.44. The second kappa shape index (κ2) is 11.0. The Kier molecular flexibility index (Phi) is 8.06. The van der Waals surface area contributed by atoms with Crippen LogP contribution in [0.3, 0.4) is 0 Å². The number of ether oxygens (including phenoxy) is 1.